The number of hydrogen-bond acceptors (Lipinski definition) is 8. The second kappa shape index (κ2) is 15.7. The Morgan fingerprint density at radius 2 is 1.88 bits per heavy atom. The van der Waals surface area contributed by atoms with Crippen LogP contribution in [0.5, 0.6) is 11.5 Å². The van der Waals surface area contributed by atoms with Crippen molar-refractivity contribution in [3.63, 3.8) is 0 Å². The first-order valence-corrected chi connectivity index (χ1v) is 17.4. The van der Waals surface area contributed by atoms with Crippen molar-refractivity contribution in [2.24, 2.45) is 17.8 Å². The number of amides is 1. The van der Waals surface area contributed by atoms with Crippen molar-refractivity contribution >= 4 is 27.1 Å². The molecule has 240 valence electrons. The van der Waals surface area contributed by atoms with E-state index in [1.165, 1.54) is 12.0 Å². The maximum atomic E-state index is 12.5. The summed E-state index contributed by atoms with van der Waals surface area (Å²) in [6, 6.07) is 3.85. The standard InChI is InChI=1S/C32H46N2O7.CH5P/c1-20(21(2)35)9-5-7-17-33-27(37)11-4-3-6-18-34-41-31(38)39-26-15-12-23-19-22-10-8-16-32-24(22)13-14-25(36)30(32)40-29(26)28(23)32;1-2/h12,15,20,22,24-25,30,34,36H,3-11,13-14,16-19H2,1-2H3,(H,33,37);2H2,1H3. The van der Waals surface area contributed by atoms with Gasteiger partial charge in [0.1, 0.15) is 11.9 Å². The van der Waals surface area contributed by atoms with Gasteiger partial charge in [0.25, 0.3) is 0 Å². The van der Waals surface area contributed by atoms with Gasteiger partial charge in [0.2, 0.25) is 5.91 Å². The minimum Gasteiger partial charge on any atom is -0.483 e. The second-order valence-electron chi connectivity index (χ2n) is 12.6. The quantitative estimate of drug-likeness (QED) is 0.0834. The maximum Gasteiger partial charge on any atom is 0.533 e. The number of ether oxygens (including phenoxy) is 2. The molecule has 43 heavy (non-hydrogen) atoms. The molecule has 1 heterocycles. The lowest BCUT2D eigenvalue weighted by Crippen LogP contribution is -2.59. The largest absolute Gasteiger partial charge is 0.533 e. The van der Waals surface area contributed by atoms with Crippen molar-refractivity contribution in [2.45, 2.75) is 115 Å². The number of aliphatic hydroxyl groups is 1. The van der Waals surface area contributed by atoms with E-state index in [4.69, 9.17) is 14.3 Å². The van der Waals surface area contributed by atoms with E-state index in [1.807, 2.05) is 13.6 Å². The number of hydroxylamine groups is 1. The molecule has 0 saturated heterocycles. The van der Waals surface area contributed by atoms with Crippen molar-refractivity contribution in [2.75, 3.05) is 19.8 Å². The molecule has 2 bridgehead atoms. The van der Waals surface area contributed by atoms with Crippen LogP contribution in [0.15, 0.2) is 12.1 Å². The number of Topliss-reactive ketones (excluding diaryl/α,β-unsaturated/α-hetero) is 1. The van der Waals surface area contributed by atoms with Gasteiger partial charge < -0.3 is 24.7 Å². The maximum absolute atomic E-state index is 12.5. The Balaban J connectivity index is 0.00000207. The number of benzene rings is 1. The van der Waals surface area contributed by atoms with Gasteiger partial charge in [-0.15, -0.1) is 14.7 Å². The smallest absolute Gasteiger partial charge is 0.483 e. The van der Waals surface area contributed by atoms with E-state index in [-0.39, 0.29) is 29.1 Å². The van der Waals surface area contributed by atoms with Gasteiger partial charge in [-0.05, 0) is 88.2 Å². The van der Waals surface area contributed by atoms with Crippen LogP contribution in [0.2, 0.25) is 0 Å². The van der Waals surface area contributed by atoms with Crippen molar-refractivity contribution in [1.82, 2.24) is 10.8 Å². The van der Waals surface area contributed by atoms with Gasteiger partial charge in [-0.3, -0.25) is 9.59 Å². The molecule has 7 unspecified atom stereocenters. The van der Waals surface area contributed by atoms with Gasteiger partial charge in [-0.2, -0.15) is 0 Å². The molecule has 2 fully saturated rings. The van der Waals surface area contributed by atoms with Crippen molar-refractivity contribution in [3.05, 3.63) is 23.3 Å². The van der Waals surface area contributed by atoms with Crippen LogP contribution in [0.3, 0.4) is 0 Å². The third-order valence-electron chi connectivity index (χ3n) is 10.0. The average Bonchev–Trinajstić information content (AvgIpc) is 3.34. The monoisotopic (exact) mass is 618 g/mol. The summed E-state index contributed by atoms with van der Waals surface area (Å²) < 4.78 is 12.0. The molecule has 0 radical (unpaired) electrons. The van der Waals surface area contributed by atoms with E-state index in [1.54, 1.807) is 13.0 Å². The molecule has 0 aromatic heterocycles. The average molecular weight is 619 g/mol. The lowest BCUT2D eigenvalue weighted by atomic mass is 9.48. The molecular formula is C33H51N2O7P. The fourth-order valence-corrected chi connectivity index (χ4v) is 7.90. The Hall–Kier alpha value is -2.22. The first kappa shape index (κ1) is 33.7. The third-order valence-corrected chi connectivity index (χ3v) is 10.0. The summed E-state index contributed by atoms with van der Waals surface area (Å²) >= 11 is 0. The number of rotatable bonds is 14. The Morgan fingerprint density at radius 1 is 1.09 bits per heavy atom. The molecule has 1 aromatic carbocycles. The van der Waals surface area contributed by atoms with Crippen LogP contribution in [0, 0.1) is 17.8 Å². The lowest BCUT2D eigenvalue weighted by molar-refractivity contribution is -0.122. The zero-order chi connectivity index (χ0) is 31.0. The Kier molecular flexibility index (Phi) is 12.3. The Morgan fingerprint density at radius 3 is 2.67 bits per heavy atom. The molecule has 1 aliphatic heterocycles. The molecule has 7 atom stereocenters. The highest BCUT2D eigenvalue weighted by molar-refractivity contribution is 7.15. The molecule has 9 nitrogen and oxygen atoms in total. The predicted octanol–water partition coefficient (Wildman–Crippen LogP) is 5.40. The molecule has 3 aliphatic carbocycles. The van der Waals surface area contributed by atoms with Gasteiger partial charge in [0.05, 0.1) is 6.10 Å². The number of carbonyl (C=O) groups is 3. The van der Waals surface area contributed by atoms with Crippen molar-refractivity contribution in [3.8, 4) is 11.5 Å². The lowest BCUT2D eigenvalue weighted by Gasteiger charge is -2.55. The second-order valence-corrected chi connectivity index (χ2v) is 12.6. The van der Waals surface area contributed by atoms with E-state index in [9.17, 15) is 19.5 Å². The zero-order valence-corrected chi connectivity index (χ0v) is 27.3. The van der Waals surface area contributed by atoms with Gasteiger partial charge in [0, 0.05) is 36.4 Å². The van der Waals surface area contributed by atoms with Gasteiger partial charge in [-0.25, -0.2) is 4.79 Å². The summed E-state index contributed by atoms with van der Waals surface area (Å²) in [5, 5.41) is 13.8. The number of aliphatic hydroxyl groups excluding tert-OH is 1. The third kappa shape index (κ3) is 7.54. The van der Waals surface area contributed by atoms with Crippen molar-refractivity contribution < 1.29 is 33.8 Å². The number of nitrogens with one attached hydrogen (secondary N) is 2. The van der Waals surface area contributed by atoms with Crippen LogP contribution in [0.1, 0.15) is 102 Å². The highest BCUT2D eigenvalue weighted by Gasteiger charge is 2.64. The number of ketones is 1. The predicted molar refractivity (Wildman–Crippen MR) is 168 cm³/mol. The Labute approximate surface area is 258 Å². The number of carbonyl (C=O) groups excluding carboxylic acids is 3. The number of hydrogen-bond donors (Lipinski definition) is 3. The number of unbranched alkanes of at least 4 members (excludes halogenated alkanes) is 3. The van der Waals surface area contributed by atoms with Gasteiger partial charge in [0.15, 0.2) is 11.5 Å². The summed E-state index contributed by atoms with van der Waals surface area (Å²) in [6.07, 6.45) is 10.0. The van der Waals surface area contributed by atoms with Crippen LogP contribution in [-0.4, -0.2) is 54.9 Å². The normalized spacial score (nSPS) is 26.6. The molecule has 4 aliphatic rings. The van der Waals surface area contributed by atoms with E-state index in [2.05, 4.69) is 26.1 Å². The summed E-state index contributed by atoms with van der Waals surface area (Å²) in [6.45, 7) is 6.58. The van der Waals surface area contributed by atoms with Gasteiger partial charge >= 0.3 is 6.16 Å². The summed E-state index contributed by atoms with van der Waals surface area (Å²) in [5.74, 6) is 2.46. The summed E-state index contributed by atoms with van der Waals surface area (Å²) in [5.41, 5.74) is 4.92. The van der Waals surface area contributed by atoms with E-state index < -0.39 is 12.3 Å². The molecule has 10 heteroatoms. The molecule has 1 spiro atoms. The molecule has 1 amide bonds. The Bertz CT molecular complexity index is 1130. The fourth-order valence-electron chi connectivity index (χ4n) is 7.90. The van der Waals surface area contributed by atoms with Crippen LogP contribution in [-0.2, 0) is 26.3 Å². The topological polar surface area (TPSA) is 123 Å². The first-order valence-electron chi connectivity index (χ1n) is 16.3. The minimum atomic E-state index is -0.844. The van der Waals surface area contributed by atoms with Crippen LogP contribution < -0.4 is 20.3 Å². The van der Waals surface area contributed by atoms with Crippen LogP contribution in [0.25, 0.3) is 0 Å². The summed E-state index contributed by atoms with van der Waals surface area (Å²) in [7, 11) is 2.42. The highest BCUT2D eigenvalue weighted by atomic mass is 31.0. The fraction of sp³-hybridized carbons (Fsp3) is 0.727. The summed E-state index contributed by atoms with van der Waals surface area (Å²) in [4.78, 5) is 40.8. The van der Waals surface area contributed by atoms with Crippen LogP contribution >= 0.6 is 9.24 Å². The van der Waals surface area contributed by atoms with Crippen molar-refractivity contribution in [1.29, 1.82) is 0 Å². The zero-order valence-electron chi connectivity index (χ0n) is 26.1. The molecule has 3 N–H and O–H groups in total. The molecule has 1 aromatic rings. The van der Waals surface area contributed by atoms with E-state index >= 15 is 0 Å². The highest BCUT2D eigenvalue weighted by Crippen LogP contribution is 2.65. The molecule has 5 rings (SSSR count). The SMILES string of the molecule is CC(=O)C(C)CCCCNC(=O)CCCCCNOC(=O)Oc1ccc2c3c1OC1C(O)CCC4C(CCCC341)C2.CP. The first-order chi connectivity index (χ1) is 20.8. The van der Waals surface area contributed by atoms with Crippen LogP contribution in [0.4, 0.5) is 4.79 Å². The minimum absolute atomic E-state index is 0.0415. The molecular weight excluding hydrogens is 567 g/mol. The van der Waals surface area contributed by atoms with Gasteiger partial charge in [-0.1, -0.05) is 38.9 Å². The molecule has 2 saturated carbocycles. The van der Waals surface area contributed by atoms with E-state index in [0.29, 0.717) is 42.8 Å². The van der Waals surface area contributed by atoms with E-state index in [0.717, 1.165) is 76.2 Å².